The molecule has 0 atom stereocenters. The average Bonchev–Trinajstić information content (AvgIpc) is 3.48. The van der Waals surface area contributed by atoms with Crippen molar-refractivity contribution in [2.75, 3.05) is 5.32 Å². The first kappa shape index (κ1) is 27.1. The van der Waals surface area contributed by atoms with E-state index in [4.69, 9.17) is 14.4 Å². The first-order valence-corrected chi connectivity index (χ1v) is 15.1. The summed E-state index contributed by atoms with van der Waals surface area (Å²) in [6.07, 6.45) is 7.66. The number of furan rings is 1. The van der Waals surface area contributed by atoms with Crippen LogP contribution in [0.1, 0.15) is 11.1 Å². The second-order valence-corrected chi connectivity index (χ2v) is 11.0. The fourth-order valence-electron chi connectivity index (χ4n) is 5.92. The van der Waals surface area contributed by atoms with Gasteiger partial charge in [-0.05, 0) is 58.7 Å². The molecule has 1 N–H and O–H groups in total. The maximum atomic E-state index is 10.1. The van der Waals surface area contributed by atoms with E-state index in [0.717, 1.165) is 61.2 Å². The van der Waals surface area contributed by atoms with Gasteiger partial charge in [-0.15, -0.1) is 0 Å². The van der Waals surface area contributed by atoms with Gasteiger partial charge in [0.25, 0.3) is 0 Å². The number of nitrogens with one attached hydrogen (secondary N) is 1. The molecule has 0 aliphatic carbocycles. The minimum Gasteiger partial charge on any atom is -0.452 e. The number of allylic oxidation sites excluding steroid dienone is 4. The lowest BCUT2D eigenvalue weighted by Gasteiger charge is -2.12. The van der Waals surface area contributed by atoms with Crippen LogP contribution in [0.15, 0.2) is 156 Å². The number of para-hydroxylation sites is 1. The quantitative estimate of drug-likeness (QED) is 0.222. The molecule has 0 unspecified atom stereocenters. The van der Waals surface area contributed by atoms with Gasteiger partial charge in [-0.3, -0.25) is 0 Å². The predicted octanol–water partition coefficient (Wildman–Crippen LogP) is 10.3. The van der Waals surface area contributed by atoms with E-state index in [1.54, 1.807) is 6.08 Å². The number of fused-ring (bicyclic) bond motifs is 6. The third-order valence-corrected chi connectivity index (χ3v) is 8.16. The molecule has 5 heteroatoms. The third-order valence-electron chi connectivity index (χ3n) is 8.16. The molecule has 1 aliphatic heterocycles. The van der Waals surface area contributed by atoms with Gasteiger partial charge >= 0.3 is 0 Å². The summed E-state index contributed by atoms with van der Waals surface area (Å²) in [5, 5.41) is 14.3. The molecule has 5 aromatic carbocycles. The predicted molar refractivity (Wildman–Crippen MR) is 186 cm³/mol. The Labute approximate surface area is 266 Å². The maximum absolute atomic E-state index is 10.1. The van der Waals surface area contributed by atoms with E-state index in [-0.39, 0.29) is 0 Å². The van der Waals surface area contributed by atoms with E-state index in [1.807, 2.05) is 109 Å². The Morgan fingerprint density at radius 1 is 0.652 bits per heavy atom. The molecule has 216 valence electrons. The molecule has 0 spiro atoms. The van der Waals surface area contributed by atoms with Gasteiger partial charge < -0.3 is 9.73 Å². The molecule has 0 fully saturated rings. The minimum absolute atomic E-state index is 0.519. The molecule has 2 aromatic heterocycles. The lowest BCUT2D eigenvalue weighted by molar-refractivity contribution is 0.667. The molecule has 0 amide bonds. The molecule has 5 nitrogen and oxygen atoms in total. The van der Waals surface area contributed by atoms with Gasteiger partial charge in [0, 0.05) is 34.0 Å². The standard InChI is InChI=1S/C41H26N4O/c42-26-27-21-22-43-36-18-10-9-17-34(36)33-16-8-7-15-31(33)24-32(23-27)30-19-20-35-37(25-30)46-40-38(28-11-3-1-4-12-28)44-41(45-39(35)40)29-13-5-2-6-14-29/h1-25,43H/b22-21+,27-23+,32-24+. The van der Waals surface area contributed by atoms with Crippen molar-refractivity contribution >= 4 is 39.4 Å². The summed E-state index contributed by atoms with van der Waals surface area (Å²) < 4.78 is 6.59. The largest absolute Gasteiger partial charge is 0.452 e. The zero-order chi connectivity index (χ0) is 30.9. The van der Waals surface area contributed by atoms with Crippen LogP contribution in [-0.4, -0.2) is 9.97 Å². The van der Waals surface area contributed by atoms with E-state index in [9.17, 15) is 5.26 Å². The summed E-state index contributed by atoms with van der Waals surface area (Å²) in [5.41, 5.74) is 11.2. The van der Waals surface area contributed by atoms with Crippen LogP contribution in [0, 0.1) is 11.3 Å². The van der Waals surface area contributed by atoms with Crippen molar-refractivity contribution in [3.05, 3.63) is 162 Å². The SMILES string of the molecule is N#CC1=C/C(c2ccc3c(c2)oc2c(-c4ccccc4)nc(-c4ccccc4)nc23)=C\c2ccccc2-c2ccccc2N\C=C\1. The first-order chi connectivity index (χ1) is 22.7. The van der Waals surface area contributed by atoms with Crippen molar-refractivity contribution in [1.82, 2.24) is 9.97 Å². The molecule has 0 saturated carbocycles. The summed E-state index contributed by atoms with van der Waals surface area (Å²) in [7, 11) is 0. The second-order valence-electron chi connectivity index (χ2n) is 11.0. The van der Waals surface area contributed by atoms with Crippen molar-refractivity contribution in [2.24, 2.45) is 0 Å². The summed E-state index contributed by atoms with van der Waals surface area (Å²) >= 11 is 0. The van der Waals surface area contributed by atoms with Crippen LogP contribution in [0.5, 0.6) is 0 Å². The maximum Gasteiger partial charge on any atom is 0.180 e. The summed E-state index contributed by atoms with van der Waals surface area (Å²) in [4.78, 5) is 10.00. The van der Waals surface area contributed by atoms with Crippen molar-refractivity contribution in [1.29, 1.82) is 5.26 Å². The molecular formula is C41H26N4O. The Morgan fingerprint density at radius 2 is 1.37 bits per heavy atom. The monoisotopic (exact) mass is 590 g/mol. The van der Waals surface area contributed by atoms with Crippen LogP contribution in [-0.2, 0) is 0 Å². The molecule has 0 bridgehead atoms. The lowest BCUT2D eigenvalue weighted by Crippen LogP contribution is -1.93. The van der Waals surface area contributed by atoms with Gasteiger partial charge in [0.2, 0.25) is 0 Å². The molecule has 46 heavy (non-hydrogen) atoms. The Morgan fingerprint density at radius 3 is 2.17 bits per heavy atom. The van der Waals surface area contributed by atoms with Gasteiger partial charge in [-0.2, -0.15) is 5.26 Å². The smallest absolute Gasteiger partial charge is 0.180 e. The summed E-state index contributed by atoms with van der Waals surface area (Å²) in [5.74, 6) is 0.642. The number of benzene rings is 5. The van der Waals surface area contributed by atoms with Crippen LogP contribution in [0.4, 0.5) is 5.69 Å². The Kier molecular flexibility index (Phi) is 6.79. The highest BCUT2D eigenvalue weighted by atomic mass is 16.3. The van der Waals surface area contributed by atoms with Gasteiger partial charge in [-0.1, -0.05) is 109 Å². The van der Waals surface area contributed by atoms with Crippen molar-refractivity contribution in [2.45, 2.75) is 0 Å². The van der Waals surface area contributed by atoms with Crippen LogP contribution in [0.3, 0.4) is 0 Å². The molecule has 1 aliphatic rings. The first-order valence-electron chi connectivity index (χ1n) is 15.1. The van der Waals surface area contributed by atoms with E-state index in [2.05, 4.69) is 47.8 Å². The van der Waals surface area contributed by atoms with E-state index in [1.165, 1.54) is 0 Å². The Hall–Kier alpha value is -6.51. The molecule has 7 aromatic rings. The van der Waals surface area contributed by atoms with E-state index in [0.29, 0.717) is 22.6 Å². The van der Waals surface area contributed by atoms with Gasteiger partial charge in [0.1, 0.15) is 16.8 Å². The fraction of sp³-hybridized carbons (Fsp3) is 0. The third kappa shape index (κ3) is 4.94. The lowest BCUT2D eigenvalue weighted by atomic mass is 9.94. The van der Waals surface area contributed by atoms with Gasteiger partial charge in [0.05, 0.1) is 11.6 Å². The number of aromatic nitrogens is 2. The number of nitrogens with zero attached hydrogens (tertiary/aromatic N) is 3. The minimum atomic E-state index is 0.519. The normalized spacial score (nSPS) is 15.6. The fourth-order valence-corrected chi connectivity index (χ4v) is 5.92. The Balaban J connectivity index is 1.35. The van der Waals surface area contributed by atoms with Crippen LogP contribution in [0.25, 0.3) is 67.5 Å². The van der Waals surface area contributed by atoms with E-state index < -0.39 is 0 Å². The number of hydrogen-bond acceptors (Lipinski definition) is 5. The highest BCUT2D eigenvalue weighted by Crippen LogP contribution is 2.38. The molecule has 8 rings (SSSR count). The molecule has 3 heterocycles. The molecular weight excluding hydrogens is 564 g/mol. The topological polar surface area (TPSA) is 74.7 Å². The number of rotatable bonds is 3. The number of anilines is 1. The van der Waals surface area contributed by atoms with Crippen molar-refractivity contribution in [3.8, 4) is 39.8 Å². The van der Waals surface area contributed by atoms with Crippen LogP contribution in [0.2, 0.25) is 0 Å². The Bertz CT molecular complexity index is 2390. The van der Waals surface area contributed by atoms with Gasteiger partial charge in [0.15, 0.2) is 11.4 Å². The molecule has 0 radical (unpaired) electrons. The summed E-state index contributed by atoms with van der Waals surface area (Å²) in [6, 6.07) is 45.1. The van der Waals surface area contributed by atoms with Crippen molar-refractivity contribution < 1.29 is 4.42 Å². The molecule has 0 saturated heterocycles. The van der Waals surface area contributed by atoms with Crippen LogP contribution < -0.4 is 5.32 Å². The summed E-state index contributed by atoms with van der Waals surface area (Å²) in [6.45, 7) is 0. The van der Waals surface area contributed by atoms with Gasteiger partial charge in [-0.25, -0.2) is 9.97 Å². The number of nitriles is 1. The zero-order valence-electron chi connectivity index (χ0n) is 24.7. The van der Waals surface area contributed by atoms with Crippen molar-refractivity contribution in [3.63, 3.8) is 0 Å². The average molecular weight is 591 g/mol. The van der Waals surface area contributed by atoms with E-state index >= 15 is 0 Å². The van der Waals surface area contributed by atoms with Crippen LogP contribution >= 0.6 is 0 Å². The highest BCUT2D eigenvalue weighted by Gasteiger charge is 2.19. The zero-order valence-corrected chi connectivity index (χ0v) is 24.7. The number of hydrogen-bond donors (Lipinski definition) is 1. The highest BCUT2D eigenvalue weighted by molar-refractivity contribution is 6.08. The second kappa shape index (κ2) is 11.5.